The third-order valence-electron chi connectivity index (χ3n) is 7.84. The largest absolute Gasteiger partial charge is 0.324 e. The van der Waals surface area contributed by atoms with Crippen molar-refractivity contribution in [2.24, 2.45) is 17.8 Å². The number of para-hydroxylation sites is 1. The van der Waals surface area contributed by atoms with E-state index in [1.165, 1.54) is 0 Å². The first kappa shape index (κ1) is 23.3. The van der Waals surface area contributed by atoms with Crippen LogP contribution in [0.5, 0.6) is 0 Å². The second-order valence-electron chi connectivity index (χ2n) is 10.1. The van der Waals surface area contributed by atoms with Crippen molar-refractivity contribution >= 4 is 46.6 Å². The van der Waals surface area contributed by atoms with Gasteiger partial charge in [0.2, 0.25) is 17.7 Å². The Morgan fingerprint density at radius 3 is 1.53 bits per heavy atom. The zero-order valence-corrected chi connectivity index (χ0v) is 21.3. The normalized spacial score (nSPS) is 28.5. The number of nitrogens with zero attached hydrogens (tertiary/aromatic N) is 1. The number of halogens is 2. The first-order valence-corrected chi connectivity index (χ1v) is 12.8. The summed E-state index contributed by atoms with van der Waals surface area (Å²) < 4.78 is 0. The zero-order valence-electron chi connectivity index (χ0n) is 19.7. The lowest BCUT2D eigenvalue weighted by atomic mass is 9.54. The molecule has 3 aromatic rings. The molecular formula is C29H24Cl2N2O3. The highest BCUT2D eigenvalue weighted by Gasteiger charge is 2.73. The Kier molecular flexibility index (Phi) is 5.12. The van der Waals surface area contributed by atoms with Gasteiger partial charge < -0.3 is 5.32 Å². The van der Waals surface area contributed by atoms with Crippen molar-refractivity contribution in [3.63, 3.8) is 0 Å². The number of alkyl halides is 2. The standard InChI is InChI=1S/C29H24Cl2N2O3/c1-16(2)24(25(34)32-17-10-4-3-5-11-17)33-26(35)22-23(27(33)36)29(31)19-13-7-6-12-18(19)28(22,30)20-14-8-9-15-21(20)29/h3-16,22-24H,1-2H3,(H,32,34)/t22-,23-,24-,28?,29?/m0/s1. The van der Waals surface area contributed by atoms with Gasteiger partial charge in [0.25, 0.3) is 0 Å². The van der Waals surface area contributed by atoms with Crippen LogP contribution >= 0.6 is 23.2 Å². The zero-order chi connectivity index (χ0) is 25.4. The van der Waals surface area contributed by atoms with Gasteiger partial charge in [0.15, 0.2) is 0 Å². The summed E-state index contributed by atoms with van der Waals surface area (Å²) in [5.74, 6) is -3.54. The third kappa shape index (κ3) is 2.81. The molecule has 0 radical (unpaired) electrons. The molecule has 7 rings (SSSR count). The van der Waals surface area contributed by atoms with E-state index in [2.05, 4.69) is 5.32 Å². The highest BCUT2D eigenvalue weighted by Crippen LogP contribution is 2.69. The number of nitrogens with one attached hydrogen (secondary N) is 1. The molecule has 3 amide bonds. The first-order chi connectivity index (χ1) is 17.2. The van der Waals surface area contributed by atoms with E-state index in [9.17, 15) is 14.4 Å². The quantitative estimate of drug-likeness (QED) is 0.379. The summed E-state index contributed by atoms with van der Waals surface area (Å²) in [6.45, 7) is 3.64. The molecule has 3 aromatic carbocycles. The Morgan fingerprint density at radius 2 is 1.14 bits per heavy atom. The van der Waals surface area contributed by atoms with Crippen LogP contribution in [0.3, 0.4) is 0 Å². The molecule has 5 nitrogen and oxygen atoms in total. The number of carbonyl (C=O) groups is 3. The van der Waals surface area contributed by atoms with E-state index in [4.69, 9.17) is 23.2 Å². The van der Waals surface area contributed by atoms with Crippen LogP contribution in [0.4, 0.5) is 5.69 Å². The monoisotopic (exact) mass is 518 g/mol. The molecule has 1 heterocycles. The lowest BCUT2D eigenvalue weighted by molar-refractivity contribution is -0.148. The van der Waals surface area contributed by atoms with Crippen LogP contribution in [0.15, 0.2) is 78.9 Å². The summed E-state index contributed by atoms with van der Waals surface area (Å²) in [4.78, 5) is 40.5. The second-order valence-corrected chi connectivity index (χ2v) is 11.3. The van der Waals surface area contributed by atoms with Gasteiger partial charge in [-0.1, -0.05) is 80.6 Å². The molecule has 3 aliphatic carbocycles. The van der Waals surface area contributed by atoms with Crippen LogP contribution in [0.25, 0.3) is 0 Å². The smallest absolute Gasteiger partial charge is 0.247 e. The SMILES string of the molecule is CC(C)[C@@H](C(=O)Nc1ccccc1)N1C(=O)[C@@H]2[C@@H](C1=O)C1(Cl)c3ccccc3C2(Cl)c2ccccc21. The number of hydrogen-bond donors (Lipinski definition) is 1. The molecule has 1 aliphatic heterocycles. The van der Waals surface area contributed by atoms with Crippen molar-refractivity contribution < 1.29 is 14.4 Å². The molecule has 1 saturated heterocycles. The molecule has 182 valence electrons. The van der Waals surface area contributed by atoms with E-state index in [1.807, 2.05) is 68.4 Å². The van der Waals surface area contributed by atoms with Gasteiger partial charge in [0, 0.05) is 5.69 Å². The number of carbonyl (C=O) groups excluding carboxylic acids is 3. The fraction of sp³-hybridized carbons (Fsp3) is 0.276. The van der Waals surface area contributed by atoms with Crippen LogP contribution in [-0.4, -0.2) is 28.7 Å². The number of likely N-dealkylation sites (tertiary alicyclic amines) is 1. The summed E-state index contributed by atoms with van der Waals surface area (Å²) in [7, 11) is 0. The Labute approximate surface area is 219 Å². The minimum absolute atomic E-state index is 0.332. The number of rotatable bonds is 4. The molecular weight excluding hydrogens is 495 g/mol. The third-order valence-corrected chi connectivity index (χ3v) is 9.12. The molecule has 0 aromatic heterocycles. The molecule has 36 heavy (non-hydrogen) atoms. The average Bonchev–Trinajstić information content (AvgIpc) is 3.14. The van der Waals surface area contributed by atoms with Gasteiger partial charge in [-0.2, -0.15) is 0 Å². The minimum atomic E-state index is -1.27. The predicted octanol–water partition coefficient (Wildman–Crippen LogP) is 5.24. The van der Waals surface area contributed by atoms with E-state index in [0.717, 1.165) is 27.2 Å². The van der Waals surface area contributed by atoms with Crippen molar-refractivity contribution in [3.8, 4) is 0 Å². The van der Waals surface area contributed by atoms with Crippen LogP contribution < -0.4 is 5.32 Å². The molecule has 1 N–H and O–H groups in total. The fourth-order valence-corrected chi connectivity index (χ4v) is 7.52. The van der Waals surface area contributed by atoms with Gasteiger partial charge in [-0.15, -0.1) is 23.2 Å². The molecule has 0 unspecified atom stereocenters. The summed E-state index contributed by atoms with van der Waals surface area (Å²) in [5.41, 5.74) is 3.53. The number of hydrogen-bond acceptors (Lipinski definition) is 3. The highest BCUT2D eigenvalue weighted by atomic mass is 35.5. The van der Waals surface area contributed by atoms with E-state index in [0.29, 0.717) is 5.69 Å². The molecule has 0 spiro atoms. The Hall–Kier alpha value is -3.15. The first-order valence-electron chi connectivity index (χ1n) is 12.0. The van der Waals surface area contributed by atoms with Gasteiger partial charge in [0.05, 0.1) is 11.8 Å². The van der Waals surface area contributed by atoms with Crippen molar-refractivity contribution in [1.82, 2.24) is 4.90 Å². The van der Waals surface area contributed by atoms with Crippen molar-refractivity contribution in [3.05, 3.63) is 101 Å². The topological polar surface area (TPSA) is 66.5 Å². The van der Waals surface area contributed by atoms with Gasteiger partial charge in [-0.3, -0.25) is 19.3 Å². The molecule has 1 fully saturated rings. The van der Waals surface area contributed by atoms with Crippen molar-refractivity contribution in [2.75, 3.05) is 5.32 Å². The molecule has 2 bridgehead atoms. The van der Waals surface area contributed by atoms with Crippen molar-refractivity contribution in [1.29, 1.82) is 0 Å². The van der Waals surface area contributed by atoms with E-state index in [1.54, 1.807) is 24.3 Å². The highest BCUT2D eigenvalue weighted by molar-refractivity contribution is 6.36. The summed E-state index contributed by atoms with van der Waals surface area (Å²) in [6.07, 6.45) is 0. The van der Waals surface area contributed by atoms with Gasteiger partial charge >= 0.3 is 0 Å². The summed E-state index contributed by atoms with van der Waals surface area (Å²) in [5, 5.41) is 2.86. The molecule has 4 aliphatic rings. The molecule has 7 heteroatoms. The van der Waals surface area contributed by atoms with Crippen LogP contribution in [0.1, 0.15) is 36.1 Å². The van der Waals surface area contributed by atoms with Crippen LogP contribution in [-0.2, 0) is 24.1 Å². The van der Waals surface area contributed by atoms with Gasteiger partial charge in [-0.25, -0.2) is 0 Å². The Morgan fingerprint density at radius 1 is 0.750 bits per heavy atom. The van der Waals surface area contributed by atoms with E-state index in [-0.39, 0.29) is 5.92 Å². The summed E-state index contributed by atoms with van der Waals surface area (Å²) in [6, 6.07) is 23.0. The second kappa shape index (κ2) is 7.92. The van der Waals surface area contributed by atoms with Crippen LogP contribution in [0, 0.1) is 17.8 Å². The average molecular weight is 519 g/mol. The lowest BCUT2D eigenvalue weighted by Crippen LogP contribution is -2.57. The number of benzene rings is 3. The van der Waals surface area contributed by atoms with E-state index < -0.39 is 45.3 Å². The number of amides is 3. The van der Waals surface area contributed by atoms with Gasteiger partial charge in [0.1, 0.15) is 15.8 Å². The number of imide groups is 1. The maximum Gasteiger partial charge on any atom is 0.247 e. The summed E-state index contributed by atoms with van der Waals surface area (Å²) >= 11 is 15.0. The number of anilines is 1. The predicted molar refractivity (Wildman–Crippen MR) is 139 cm³/mol. The minimum Gasteiger partial charge on any atom is -0.324 e. The fourth-order valence-electron chi connectivity index (χ4n) is 6.42. The maximum absolute atomic E-state index is 14.2. The Balaban J connectivity index is 1.50. The van der Waals surface area contributed by atoms with Gasteiger partial charge in [-0.05, 0) is 40.3 Å². The maximum atomic E-state index is 14.2. The van der Waals surface area contributed by atoms with E-state index >= 15 is 0 Å². The molecule has 0 saturated carbocycles. The van der Waals surface area contributed by atoms with Crippen LogP contribution in [0.2, 0.25) is 0 Å². The van der Waals surface area contributed by atoms with Crippen molar-refractivity contribution in [2.45, 2.75) is 29.6 Å². The lowest BCUT2D eigenvalue weighted by Gasteiger charge is -2.54. The molecule has 3 atom stereocenters. The Bertz CT molecular complexity index is 1300.